The van der Waals surface area contributed by atoms with Crippen LogP contribution in [0.4, 0.5) is 51.7 Å². The minimum absolute atomic E-state index is 0.0594. The monoisotopic (exact) mass is 1520 g/mol. The number of likely N-dealkylation sites (tertiary alicyclic amines) is 2. The smallest absolute Gasteiger partial charge is 0.312 e. The second-order valence-corrected chi connectivity index (χ2v) is 28.2. The number of Topliss-reactive ketones (excluding diaryl/α,β-unsaturated/α-hetero) is 2. The number of anilines is 6. The molecule has 4 amide bonds. The van der Waals surface area contributed by atoms with Crippen molar-refractivity contribution in [2.45, 2.75) is 106 Å². The molecule has 556 valence electrons. The molecule has 4 atom stereocenters. The number of hydrogen-bond donors (Lipinski definition) is 3. The Hall–Kier alpha value is -11.2. The summed E-state index contributed by atoms with van der Waals surface area (Å²) in [7, 11) is 0. The van der Waals surface area contributed by atoms with Crippen LogP contribution in [0.3, 0.4) is 0 Å². The van der Waals surface area contributed by atoms with Crippen LogP contribution in [-0.2, 0) is 51.3 Å². The summed E-state index contributed by atoms with van der Waals surface area (Å²) >= 11 is 17.7. The molecular formula is C77H74Cl3F4N13O10. The van der Waals surface area contributed by atoms with Gasteiger partial charge in [-0.2, -0.15) is 5.10 Å². The first-order valence-electron chi connectivity index (χ1n) is 33.6. The third kappa shape index (κ3) is 18.7. The Kier molecular flexibility index (Phi) is 24.9. The molecule has 4 aromatic heterocycles. The Bertz CT molecular complexity index is 5000. The van der Waals surface area contributed by atoms with E-state index in [9.17, 15) is 47.1 Å². The Labute approximate surface area is 627 Å². The molecule has 0 aliphatic carbocycles. The summed E-state index contributed by atoms with van der Waals surface area (Å²) in [5.41, 5.74) is 3.66. The Morgan fingerprint density at radius 1 is 0.561 bits per heavy atom. The lowest BCUT2D eigenvalue weighted by Crippen LogP contribution is -2.44. The maximum absolute atomic E-state index is 15.6. The van der Waals surface area contributed by atoms with Crippen molar-refractivity contribution < 1.29 is 65.4 Å². The molecule has 2 aliphatic rings. The van der Waals surface area contributed by atoms with Crippen LogP contribution in [0.5, 0.6) is 0 Å². The Morgan fingerprint density at radius 2 is 1.06 bits per heavy atom. The number of carbonyl (C=O) groups is 8. The van der Waals surface area contributed by atoms with Crippen molar-refractivity contribution in [2.75, 3.05) is 46.7 Å². The van der Waals surface area contributed by atoms with Crippen molar-refractivity contribution in [1.82, 2.24) is 44.1 Å². The van der Waals surface area contributed by atoms with Gasteiger partial charge in [0.1, 0.15) is 55.9 Å². The molecule has 23 nitrogen and oxygen atoms in total. The fourth-order valence-electron chi connectivity index (χ4n) is 11.9. The number of halogens is 7. The zero-order valence-corrected chi connectivity index (χ0v) is 61.5. The Morgan fingerprint density at radius 3 is 1.55 bits per heavy atom. The van der Waals surface area contributed by atoms with E-state index < -0.39 is 83.0 Å². The summed E-state index contributed by atoms with van der Waals surface area (Å²) in [6.45, 7) is 11.8. The van der Waals surface area contributed by atoms with Crippen molar-refractivity contribution >= 4 is 138 Å². The number of hydrogen-bond acceptors (Lipinski definition) is 17. The molecule has 2 saturated heterocycles. The molecule has 12 rings (SSSR count). The molecule has 0 radical (unpaired) electrons. The molecule has 107 heavy (non-hydrogen) atoms. The van der Waals surface area contributed by atoms with Gasteiger partial charge in [0.25, 0.3) is 0 Å². The summed E-state index contributed by atoms with van der Waals surface area (Å²) in [5, 5.41) is 14.4. The van der Waals surface area contributed by atoms with E-state index in [1.807, 2.05) is 0 Å². The molecule has 0 saturated carbocycles. The molecule has 2 aliphatic heterocycles. The highest BCUT2D eigenvalue weighted by molar-refractivity contribution is 6.33. The van der Waals surface area contributed by atoms with E-state index in [-0.39, 0.29) is 91.0 Å². The van der Waals surface area contributed by atoms with E-state index in [0.717, 1.165) is 4.90 Å². The molecule has 30 heteroatoms. The fourth-order valence-corrected chi connectivity index (χ4v) is 12.5. The molecule has 0 spiro atoms. The van der Waals surface area contributed by atoms with Gasteiger partial charge in [0.2, 0.25) is 23.6 Å². The van der Waals surface area contributed by atoms with E-state index in [0.29, 0.717) is 71.3 Å². The highest BCUT2D eigenvalue weighted by Gasteiger charge is 2.42. The molecule has 10 aromatic rings. The van der Waals surface area contributed by atoms with Gasteiger partial charge in [-0.05, 0) is 109 Å². The maximum atomic E-state index is 15.6. The van der Waals surface area contributed by atoms with Crippen molar-refractivity contribution in [3.05, 3.63) is 198 Å². The van der Waals surface area contributed by atoms with Gasteiger partial charge in [0.15, 0.2) is 36.0 Å². The first kappa shape index (κ1) is 78.4. The number of aromatic nitrogens is 7. The van der Waals surface area contributed by atoms with Gasteiger partial charge in [-0.3, -0.25) is 43.0 Å². The number of nitrogens with one attached hydrogen (secondary N) is 3. The van der Waals surface area contributed by atoms with E-state index in [2.05, 4.69) is 45.7 Å². The van der Waals surface area contributed by atoms with Crippen molar-refractivity contribution in [1.29, 1.82) is 0 Å². The quantitative estimate of drug-likeness (QED) is 0.0223. The summed E-state index contributed by atoms with van der Waals surface area (Å²) in [6, 6.07) is 30.3. The fraction of sp³-hybridized carbons (Fsp3) is 0.286. The summed E-state index contributed by atoms with van der Waals surface area (Å²) < 4.78 is 73.7. The SMILES string of the molecule is CC(=O)c1cn(CC(=O)N2C[C@H](F)C[C@H]2C(=O)Nc2cccc(-c3ccccc3Cl)c2F)c2ccc(Nc3cncnc3)cc12.CC(=O)c1nn(CC(=O)N2C[C@H](F)C[C@H]2C(=O)Nc2cccc(-c3ccccc3Cl)c2F)c2ccc(N(COC(=O)C(C)(C)C)c3cncnc3)cc12.CC(C)(C)C(=O)OCCl. The zero-order valence-electron chi connectivity index (χ0n) is 59.3. The van der Waals surface area contributed by atoms with Crippen molar-refractivity contribution in [2.24, 2.45) is 10.8 Å². The highest BCUT2D eigenvalue weighted by atomic mass is 35.5. The second-order valence-electron chi connectivity index (χ2n) is 27.2. The lowest BCUT2D eigenvalue weighted by molar-refractivity contribution is -0.152. The van der Waals surface area contributed by atoms with Crippen LogP contribution in [0.25, 0.3) is 44.1 Å². The van der Waals surface area contributed by atoms with E-state index in [4.69, 9.17) is 39.5 Å². The number of rotatable bonds is 19. The van der Waals surface area contributed by atoms with Gasteiger partial charge in [0, 0.05) is 91.5 Å². The van der Waals surface area contributed by atoms with E-state index in [1.54, 1.807) is 185 Å². The van der Waals surface area contributed by atoms with Crippen LogP contribution in [-0.4, -0.2) is 142 Å². The third-order valence-electron chi connectivity index (χ3n) is 17.3. The maximum Gasteiger partial charge on any atom is 0.312 e. The highest BCUT2D eigenvalue weighted by Crippen LogP contribution is 2.38. The van der Waals surface area contributed by atoms with E-state index >= 15 is 8.78 Å². The van der Waals surface area contributed by atoms with Crippen molar-refractivity contribution in [3.63, 3.8) is 0 Å². The number of ether oxygens (including phenoxy) is 2. The van der Waals surface area contributed by atoms with Crippen LogP contribution in [0.1, 0.15) is 89.1 Å². The molecule has 6 heterocycles. The number of amides is 4. The number of nitrogens with zero attached hydrogens (tertiary/aromatic N) is 10. The number of fused-ring (bicyclic) bond motifs is 2. The van der Waals surface area contributed by atoms with Crippen LogP contribution >= 0.6 is 34.8 Å². The molecule has 2 fully saturated rings. The molecule has 0 unspecified atom stereocenters. The number of benzene rings is 6. The standard InChI is InChI=1S/C38H36ClF2N7O5.C33H27ClF2N6O3.C6H11ClO2/c1-22(49)35-28-15-24(47(25-16-42-20-43-17-25)21-53-37(52)38(2,3)4)12-13-31(28)48(45-35)19-33(50)46-18-23(40)14-32(46)36(51)44-30-11-7-9-27(34(30)41)26-8-5-6-10-29(26)39;1-19(43)26-16-41(29-10-9-21(12-25(26)29)39-22-13-37-18-38-14-22)17-31(44)42-15-20(35)11-30(42)33(45)40-28-8-4-6-24(32(28)36)23-5-2-3-7-27(23)34;1-6(2,3)5(8)9-4-7/h5-13,15-17,20,23,32H,14,18-19,21H2,1-4H3,(H,44,51);2-10,12-14,16,18,20,30,39H,11,15,17H2,1H3,(H,40,45);4H2,1-3H3/t23-,32+;20-,30+;/m11./s1. The topological polar surface area (TPSA) is 275 Å². The van der Waals surface area contributed by atoms with Gasteiger partial charge in [-0.15, -0.1) is 0 Å². The minimum Gasteiger partial charge on any atom is -0.449 e. The third-order valence-corrected chi connectivity index (χ3v) is 18.0. The first-order chi connectivity index (χ1) is 50.9. The average Bonchev–Trinajstić information content (AvgIpc) is 1.64. The van der Waals surface area contributed by atoms with Gasteiger partial charge >= 0.3 is 11.9 Å². The van der Waals surface area contributed by atoms with Crippen LogP contribution in [0.2, 0.25) is 10.0 Å². The minimum atomic E-state index is -1.50. The summed E-state index contributed by atoms with van der Waals surface area (Å²) in [4.78, 5) is 123. The van der Waals surface area contributed by atoms with Crippen molar-refractivity contribution in [3.8, 4) is 22.3 Å². The lowest BCUT2D eigenvalue weighted by atomic mass is 9.97. The summed E-state index contributed by atoms with van der Waals surface area (Å²) in [6.07, 6.45) is 7.20. The summed E-state index contributed by atoms with van der Waals surface area (Å²) in [5.74, 6) is -5.32. The average molecular weight is 1520 g/mol. The van der Waals surface area contributed by atoms with E-state index in [1.165, 1.54) is 54.3 Å². The predicted molar refractivity (Wildman–Crippen MR) is 399 cm³/mol. The number of esters is 2. The Balaban J connectivity index is 0.000000207. The molecule has 0 bridgehead atoms. The molecule has 3 N–H and O–H groups in total. The van der Waals surface area contributed by atoms with Crippen LogP contribution < -0.4 is 20.9 Å². The van der Waals surface area contributed by atoms with Gasteiger partial charge in [-0.25, -0.2) is 37.5 Å². The van der Waals surface area contributed by atoms with Gasteiger partial charge < -0.3 is 44.7 Å². The zero-order chi connectivity index (χ0) is 77.2. The number of ketones is 2. The molecule has 6 aromatic carbocycles. The van der Waals surface area contributed by atoms with Gasteiger partial charge in [0.05, 0.1) is 77.0 Å². The van der Waals surface area contributed by atoms with Crippen LogP contribution in [0.15, 0.2) is 165 Å². The first-order valence-corrected chi connectivity index (χ1v) is 34.9. The molecular weight excluding hydrogens is 1450 g/mol. The number of alkyl halides is 3. The number of carbonyl (C=O) groups excluding carboxylic acids is 8. The second kappa shape index (κ2) is 34.0. The largest absolute Gasteiger partial charge is 0.449 e. The normalized spacial score (nSPS) is 15.5. The predicted octanol–water partition coefficient (Wildman–Crippen LogP) is 14.9. The van der Waals surface area contributed by atoms with Crippen LogP contribution in [0, 0.1) is 22.5 Å². The van der Waals surface area contributed by atoms with Gasteiger partial charge in [-0.1, -0.05) is 95.5 Å². The lowest BCUT2D eigenvalue weighted by Gasteiger charge is -2.26.